The molecule has 0 aliphatic rings. The minimum atomic E-state index is -3.02. The number of aliphatic carboxylic acids is 1. The van der Waals surface area contributed by atoms with E-state index in [4.69, 9.17) is 19.9 Å². The van der Waals surface area contributed by atoms with Gasteiger partial charge in [0.25, 0.3) is 0 Å². The van der Waals surface area contributed by atoms with Crippen LogP contribution in [0.25, 0.3) is 0 Å². The maximum Gasteiger partial charge on any atom is 0.331 e. The lowest BCUT2D eigenvalue weighted by Gasteiger charge is -2.22. The molecule has 8 heteroatoms. The molecule has 0 aromatic rings. The Bertz CT molecular complexity index is 351. The molecule has 0 saturated heterocycles. The molecular formula is C14H30NO5PS. The van der Waals surface area contributed by atoms with Crippen LogP contribution in [0.5, 0.6) is 0 Å². The molecule has 0 aromatic heterocycles. The average molecular weight is 355 g/mol. The predicted molar refractivity (Wildman–Crippen MR) is 91.7 cm³/mol. The van der Waals surface area contributed by atoms with Gasteiger partial charge in [0.2, 0.25) is 0 Å². The summed E-state index contributed by atoms with van der Waals surface area (Å²) in [6.45, 7) is 7.38. The number of carbonyl (C=O) groups is 1. The fourth-order valence-electron chi connectivity index (χ4n) is 1.72. The number of nitrogens with two attached hydrogens (primary N) is 1. The minimum absolute atomic E-state index is 0.128. The summed E-state index contributed by atoms with van der Waals surface area (Å²) in [4.78, 5) is 10.6. The molecule has 0 aliphatic heterocycles. The maximum atomic E-state index is 12.6. The topological polar surface area (TPSA) is 98.9 Å². The van der Waals surface area contributed by atoms with Crippen LogP contribution in [0.2, 0.25) is 0 Å². The molecule has 1 unspecified atom stereocenters. The number of rotatable bonds is 13. The van der Waals surface area contributed by atoms with Gasteiger partial charge in [-0.05, 0) is 58.5 Å². The molecule has 0 radical (unpaired) electrons. The molecule has 132 valence electrons. The highest BCUT2D eigenvalue weighted by molar-refractivity contribution is 7.99. The maximum absolute atomic E-state index is 12.6. The molecule has 0 heterocycles. The van der Waals surface area contributed by atoms with Crippen LogP contribution >= 0.6 is 19.4 Å². The van der Waals surface area contributed by atoms with Crippen molar-refractivity contribution in [3.05, 3.63) is 0 Å². The van der Waals surface area contributed by atoms with Crippen molar-refractivity contribution >= 4 is 25.3 Å². The molecule has 6 nitrogen and oxygen atoms in total. The van der Waals surface area contributed by atoms with E-state index in [1.807, 2.05) is 27.7 Å². The van der Waals surface area contributed by atoms with Crippen LogP contribution in [0.4, 0.5) is 0 Å². The van der Waals surface area contributed by atoms with E-state index in [2.05, 4.69) is 0 Å². The van der Waals surface area contributed by atoms with E-state index in [0.29, 0.717) is 12.6 Å². The van der Waals surface area contributed by atoms with E-state index >= 15 is 0 Å². The van der Waals surface area contributed by atoms with Gasteiger partial charge < -0.3 is 19.9 Å². The van der Waals surface area contributed by atoms with E-state index < -0.39 is 19.6 Å². The first-order chi connectivity index (χ1) is 10.2. The standard InChI is InChI=1S/C14H30NO5PS/c1-11(2)19-21(18,20-12(3)4)8-5-6-9-22-10-7-13(15)14(16)17/h11-13H,5-10,15H2,1-4H3,(H,16,17). The Balaban J connectivity index is 3.90. The van der Waals surface area contributed by atoms with Gasteiger partial charge in [0.15, 0.2) is 0 Å². The van der Waals surface area contributed by atoms with Crippen LogP contribution in [0.1, 0.15) is 47.0 Å². The summed E-state index contributed by atoms with van der Waals surface area (Å²) in [5, 5.41) is 8.66. The SMILES string of the molecule is CC(C)OP(=O)(CCCCSCCC(N)C(=O)O)OC(C)C. The molecule has 0 saturated carbocycles. The van der Waals surface area contributed by atoms with E-state index in [-0.39, 0.29) is 12.2 Å². The van der Waals surface area contributed by atoms with Gasteiger partial charge in [-0.15, -0.1) is 0 Å². The van der Waals surface area contributed by atoms with E-state index in [9.17, 15) is 9.36 Å². The van der Waals surface area contributed by atoms with Gasteiger partial charge in [-0.3, -0.25) is 9.36 Å². The number of unbranched alkanes of at least 4 members (excludes halogenated alkanes) is 1. The van der Waals surface area contributed by atoms with Gasteiger partial charge >= 0.3 is 13.6 Å². The second-order valence-electron chi connectivity index (χ2n) is 5.70. The van der Waals surface area contributed by atoms with Gasteiger partial charge in [0, 0.05) is 0 Å². The summed E-state index contributed by atoms with van der Waals surface area (Å²) in [6, 6.07) is -0.786. The van der Waals surface area contributed by atoms with E-state index in [1.165, 1.54) is 0 Å². The lowest BCUT2D eigenvalue weighted by atomic mass is 10.2. The van der Waals surface area contributed by atoms with Crippen molar-refractivity contribution in [2.24, 2.45) is 5.73 Å². The highest BCUT2D eigenvalue weighted by atomic mass is 32.2. The third-order valence-electron chi connectivity index (χ3n) is 2.60. The Kier molecular flexibility index (Phi) is 11.4. The molecule has 0 spiro atoms. The summed E-state index contributed by atoms with van der Waals surface area (Å²) in [6.07, 6.45) is 2.27. The first-order valence-electron chi connectivity index (χ1n) is 7.68. The highest BCUT2D eigenvalue weighted by Crippen LogP contribution is 2.51. The van der Waals surface area contributed by atoms with Gasteiger partial charge in [-0.1, -0.05) is 0 Å². The fourth-order valence-corrected chi connectivity index (χ4v) is 4.91. The van der Waals surface area contributed by atoms with Crippen LogP contribution in [0, 0.1) is 0 Å². The van der Waals surface area contributed by atoms with Crippen LogP contribution in [-0.2, 0) is 18.4 Å². The van der Waals surface area contributed by atoms with Crippen molar-refractivity contribution in [2.75, 3.05) is 17.7 Å². The van der Waals surface area contributed by atoms with Crippen molar-refractivity contribution in [2.45, 2.75) is 65.2 Å². The Morgan fingerprint density at radius 3 is 2.14 bits per heavy atom. The number of carboxylic acid groups (broad SMARTS) is 1. The molecule has 0 aliphatic carbocycles. The van der Waals surface area contributed by atoms with Crippen molar-refractivity contribution in [1.82, 2.24) is 0 Å². The van der Waals surface area contributed by atoms with Crippen LogP contribution in [0.15, 0.2) is 0 Å². The Morgan fingerprint density at radius 1 is 1.14 bits per heavy atom. The molecule has 1 atom stereocenters. The molecular weight excluding hydrogens is 325 g/mol. The first kappa shape index (κ1) is 21.9. The number of hydrogen-bond donors (Lipinski definition) is 2. The normalized spacial score (nSPS) is 13.8. The monoisotopic (exact) mass is 355 g/mol. The smallest absolute Gasteiger partial charge is 0.331 e. The quantitative estimate of drug-likeness (QED) is 0.386. The zero-order valence-electron chi connectivity index (χ0n) is 14.0. The zero-order valence-corrected chi connectivity index (χ0v) is 15.7. The van der Waals surface area contributed by atoms with Crippen LogP contribution < -0.4 is 5.73 Å². The largest absolute Gasteiger partial charge is 0.480 e. The highest BCUT2D eigenvalue weighted by Gasteiger charge is 2.26. The van der Waals surface area contributed by atoms with E-state index in [1.54, 1.807) is 11.8 Å². The summed E-state index contributed by atoms with van der Waals surface area (Å²) in [7, 11) is -3.02. The van der Waals surface area contributed by atoms with Gasteiger partial charge in [0.1, 0.15) is 6.04 Å². The summed E-state index contributed by atoms with van der Waals surface area (Å²) in [5.74, 6) is 0.643. The summed E-state index contributed by atoms with van der Waals surface area (Å²) >= 11 is 1.66. The molecule has 0 amide bonds. The van der Waals surface area contributed by atoms with Crippen LogP contribution in [-0.4, -0.2) is 47.0 Å². The molecule has 0 bridgehead atoms. The summed E-state index contributed by atoms with van der Waals surface area (Å²) in [5.41, 5.74) is 5.42. The Hall–Kier alpha value is -0.0700. The zero-order chi connectivity index (χ0) is 17.2. The number of thioether (sulfide) groups is 1. The van der Waals surface area contributed by atoms with Crippen molar-refractivity contribution in [3.63, 3.8) is 0 Å². The second kappa shape index (κ2) is 11.5. The third kappa shape index (κ3) is 11.5. The minimum Gasteiger partial charge on any atom is -0.480 e. The third-order valence-corrected chi connectivity index (χ3v) is 6.06. The Morgan fingerprint density at radius 2 is 1.68 bits per heavy atom. The number of carboxylic acids is 1. The number of hydrogen-bond acceptors (Lipinski definition) is 6. The average Bonchev–Trinajstić information content (AvgIpc) is 2.34. The predicted octanol–water partition coefficient (Wildman–Crippen LogP) is 3.34. The van der Waals surface area contributed by atoms with Gasteiger partial charge in [-0.25, -0.2) is 0 Å². The molecule has 0 rings (SSSR count). The van der Waals surface area contributed by atoms with Crippen molar-refractivity contribution < 1.29 is 23.5 Å². The lowest BCUT2D eigenvalue weighted by Crippen LogP contribution is -2.30. The molecule has 22 heavy (non-hydrogen) atoms. The second-order valence-corrected chi connectivity index (χ2v) is 9.01. The first-order valence-corrected chi connectivity index (χ1v) is 10.6. The van der Waals surface area contributed by atoms with Crippen molar-refractivity contribution in [3.8, 4) is 0 Å². The van der Waals surface area contributed by atoms with Gasteiger partial charge in [0.05, 0.1) is 18.4 Å². The lowest BCUT2D eigenvalue weighted by molar-refractivity contribution is -0.138. The fraction of sp³-hybridized carbons (Fsp3) is 0.929. The molecule has 0 fully saturated rings. The Labute approximate surface area is 138 Å². The molecule has 0 aromatic carbocycles. The van der Waals surface area contributed by atoms with E-state index in [0.717, 1.165) is 24.3 Å². The summed E-state index contributed by atoms with van der Waals surface area (Å²) < 4.78 is 23.5. The van der Waals surface area contributed by atoms with Crippen molar-refractivity contribution in [1.29, 1.82) is 0 Å². The van der Waals surface area contributed by atoms with Crippen LogP contribution in [0.3, 0.4) is 0 Å². The van der Waals surface area contributed by atoms with Gasteiger partial charge in [-0.2, -0.15) is 11.8 Å². The molecule has 3 N–H and O–H groups in total.